The molecule has 0 aliphatic heterocycles. The molecule has 0 aliphatic carbocycles. The molecule has 3 rings (SSSR count). The number of nitrogens with one attached hydrogen (secondary N) is 2. The summed E-state index contributed by atoms with van der Waals surface area (Å²) >= 11 is 0. The first-order valence-electron chi connectivity index (χ1n) is 8.08. The molecule has 0 saturated heterocycles. The van der Waals surface area contributed by atoms with Gasteiger partial charge in [0, 0.05) is 24.4 Å². The highest BCUT2D eigenvalue weighted by Crippen LogP contribution is 2.18. The zero-order valence-electron chi connectivity index (χ0n) is 14.1. The first-order valence-corrected chi connectivity index (χ1v) is 8.08. The topological polar surface area (TPSA) is 84.7 Å². The maximum atomic E-state index is 12.2. The molecule has 0 aliphatic rings. The van der Waals surface area contributed by atoms with E-state index in [1.54, 1.807) is 30.9 Å². The minimum absolute atomic E-state index is 0.0186. The fraction of sp³-hybridized carbons (Fsp3) is 0.222. The predicted octanol–water partition coefficient (Wildman–Crippen LogP) is 2.98. The van der Waals surface area contributed by atoms with Gasteiger partial charge >= 0.3 is 6.03 Å². The predicted molar refractivity (Wildman–Crippen MR) is 95.6 cm³/mol. The van der Waals surface area contributed by atoms with Crippen LogP contribution in [0.15, 0.2) is 61.2 Å². The van der Waals surface area contributed by atoms with Crippen molar-refractivity contribution < 1.29 is 4.79 Å². The van der Waals surface area contributed by atoms with Gasteiger partial charge in [-0.2, -0.15) is 5.10 Å². The van der Waals surface area contributed by atoms with Gasteiger partial charge in [0.2, 0.25) is 5.95 Å². The molecule has 128 valence electrons. The molecule has 25 heavy (non-hydrogen) atoms. The van der Waals surface area contributed by atoms with E-state index in [1.165, 1.54) is 10.2 Å². The number of hydrogen-bond donors (Lipinski definition) is 2. The van der Waals surface area contributed by atoms with Gasteiger partial charge in [0.1, 0.15) is 0 Å². The van der Waals surface area contributed by atoms with Crippen LogP contribution in [0.5, 0.6) is 0 Å². The summed E-state index contributed by atoms with van der Waals surface area (Å²) in [4.78, 5) is 20.4. The van der Waals surface area contributed by atoms with Crippen LogP contribution >= 0.6 is 0 Å². The molecule has 0 radical (unpaired) electrons. The highest BCUT2D eigenvalue weighted by molar-refractivity contribution is 5.89. The molecule has 7 nitrogen and oxygen atoms in total. The van der Waals surface area contributed by atoms with Gasteiger partial charge in [0.25, 0.3) is 0 Å². The second-order valence-electron chi connectivity index (χ2n) is 5.81. The lowest BCUT2D eigenvalue weighted by Crippen LogP contribution is -2.38. The van der Waals surface area contributed by atoms with Crippen LogP contribution < -0.4 is 10.6 Å². The Morgan fingerprint density at radius 2 is 1.80 bits per heavy atom. The zero-order chi connectivity index (χ0) is 17.6. The van der Waals surface area contributed by atoms with Crippen LogP contribution in [0, 0.1) is 0 Å². The van der Waals surface area contributed by atoms with Crippen LogP contribution in [0.1, 0.15) is 25.3 Å². The fourth-order valence-electron chi connectivity index (χ4n) is 2.45. The number of nitrogens with zero attached hydrogens (tertiary/aromatic N) is 4. The number of aromatic nitrogens is 4. The van der Waals surface area contributed by atoms with E-state index in [-0.39, 0.29) is 18.0 Å². The quantitative estimate of drug-likeness (QED) is 0.750. The molecule has 0 fully saturated rings. The first kappa shape index (κ1) is 16.6. The Morgan fingerprint density at radius 3 is 2.52 bits per heavy atom. The summed E-state index contributed by atoms with van der Waals surface area (Å²) < 4.78 is 1.51. The molecule has 0 spiro atoms. The standard InChI is InChI=1S/C18H20N6O/c1-13(15-7-4-3-5-8-15)14(2)22-18(25)23-16-11-21-24(12-16)17-19-9-6-10-20-17/h3-14H,1-2H3,(H2,22,23,25). The van der Waals surface area contributed by atoms with Gasteiger partial charge in [-0.25, -0.2) is 19.4 Å². The van der Waals surface area contributed by atoms with Crippen molar-refractivity contribution in [1.29, 1.82) is 0 Å². The average Bonchev–Trinajstić information content (AvgIpc) is 3.10. The number of carbonyl (C=O) groups excluding carboxylic acids is 1. The van der Waals surface area contributed by atoms with Crippen molar-refractivity contribution in [2.45, 2.75) is 25.8 Å². The lowest BCUT2D eigenvalue weighted by molar-refractivity contribution is 0.248. The van der Waals surface area contributed by atoms with Gasteiger partial charge in [0.05, 0.1) is 18.1 Å². The van der Waals surface area contributed by atoms with Crippen LogP contribution in [0.4, 0.5) is 10.5 Å². The van der Waals surface area contributed by atoms with Crippen molar-refractivity contribution in [2.24, 2.45) is 0 Å². The summed E-state index contributed by atoms with van der Waals surface area (Å²) in [5.41, 5.74) is 1.76. The Morgan fingerprint density at radius 1 is 1.08 bits per heavy atom. The third kappa shape index (κ3) is 4.20. The number of rotatable bonds is 5. The molecule has 0 bridgehead atoms. The molecule has 2 amide bonds. The highest BCUT2D eigenvalue weighted by Gasteiger charge is 2.16. The molecule has 7 heteroatoms. The van der Waals surface area contributed by atoms with Gasteiger partial charge in [-0.05, 0) is 18.6 Å². The summed E-state index contributed by atoms with van der Waals surface area (Å²) in [7, 11) is 0. The van der Waals surface area contributed by atoms with Gasteiger partial charge in [-0.1, -0.05) is 37.3 Å². The normalized spacial score (nSPS) is 13.0. The summed E-state index contributed by atoms with van der Waals surface area (Å²) in [6.07, 6.45) is 6.49. The number of benzene rings is 1. The maximum absolute atomic E-state index is 12.2. The second kappa shape index (κ2) is 7.57. The Hall–Kier alpha value is -3.22. The third-order valence-corrected chi connectivity index (χ3v) is 4.03. The minimum Gasteiger partial charge on any atom is -0.335 e. The Balaban J connectivity index is 1.58. The Labute approximate surface area is 146 Å². The monoisotopic (exact) mass is 336 g/mol. The van der Waals surface area contributed by atoms with Crippen LogP contribution in [0.25, 0.3) is 5.95 Å². The molecule has 1 aromatic carbocycles. The number of hydrogen-bond acceptors (Lipinski definition) is 4. The number of anilines is 1. The van der Waals surface area contributed by atoms with Gasteiger partial charge in [0.15, 0.2) is 0 Å². The van der Waals surface area contributed by atoms with Crippen LogP contribution in [-0.2, 0) is 0 Å². The smallest absolute Gasteiger partial charge is 0.319 e. The minimum atomic E-state index is -0.274. The molecular formula is C18H20N6O. The summed E-state index contributed by atoms with van der Waals surface area (Å²) in [6, 6.07) is 11.5. The lowest BCUT2D eigenvalue weighted by atomic mass is 9.95. The van der Waals surface area contributed by atoms with E-state index in [2.05, 4.69) is 44.8 Å². The summed E-state index contributed by atoms with van der Waals surface area (Å²) in [5.74, 6) is 0.648. The maximum Gasteiger partial charge on any atom is 0.319 e. The van der Waals surface area contributed by atoms with E-state index in [9.17, 15) is 4.79 Å². The van der Waals surface area contributed by atoms with Gasteiger partial charge in [-0.15, -0.1) is 0 Å². The first-order chi connectivity index (χ1) is 12.1. The third-order valence-electron chi connectivity index (χ3n) is 4.03. The van der Waals surface area contributed by atoms with E-state index in [0.717, 1.165) is 0 Å². The van der Waals surface area contributed by atoms with E-state index < -0.39 is 0 Å². The molecular weight excluding hydrogens is 316 g/mol. The molecule has 2 aromatic heterocycles. The van der Waals surface area contributed by atoms with E-state index in [1.807, 2.05) is 25.1 Å². The zero-order valence-corrected chi connectivity index (χ0v) is 14.1. The average molecular weight is 336 g/mol. The Bertz CT molecular complexity index is 818. The van der Waals surface area contributed by atoms with Crippen molar-refractivity contribution in [3.63, 3.8) is 0 Å². The molecule has 2 atom stereocenters. The number of urea groups is 1. The summed E-state index contributed by atoms with van der Waals surface area (Å²) in [5, 5.41) is 9.89. The molecule has 2 unspecified atom stereocenters. The van der Waals surface area contributed by atoms with Crippen molar-refractivity contribution in [3.05, 3.63) is 66.7 Å². The van der Waals surface area contributed by atoms with Crippen molar-refractivity contribution >= 4 is 11.7 Å². The molecule has 2 heterocycles. The van der Waals surface area contributed by atoms with Crippen molar-refractivity contribution in [2.75, 3.05) is 5.32 Å². The Kier molecular flexibility index (Phi) is 5.03. The molecule has 2 N–H and O–H groups in total. The lowest BCUT2D eigenvalue weighted by Gasteiger charge is -2.21. The summed E-state index contributed by atoms with van der Waals surface area (Å²) in [6.45, 7) is 4.07. The van der Waals surface area contributed by atoms with Gasteiger partial charge in [-0.3, -0.25) is 0 Å². The van der Waals surface area contributed by atoms with E-state index in [0.29, 0.717) is 11.6 Å². The SMILES string of the molecule is CC(NC(=O)Nc1cnn(-c2ncccn2)c1)C(C)c1ccccc1. The van der Waals surface area contributed by atoms with E-state index >= 15 is 0 Å². The molecule has 0 saturated carbocycles. The van der Waals surface area contributed by atoms with Crippen molar-refractivity contribution in [1.82, 2.24) is 25.1 Å². The second-order valence-corrected chi connectivity index (χ2v) is 5.81. The van der Waals surface area contributed by atoms with Crippen LogP contribution in [-0.4, -0.2) is 31.8 Å². The largest absolute Gasteiger partial charge is 0.335 e. The number of carbonyl (C=O) groups is 1. The molecule has 3 aromatic rings. The van der Waals surface area contributed by atoms with Gasteiger partial charge < -0.3 is 10.6 Å². The fourth-order valence-corrected chi connectivity index (χ4v) is 2.45. The highest BCUT2D eigenvalue weighted by atomic mass is 16.2. The number of amides is 2. The van der Waals surface area contributed by atoms with E-state index in [4.69, 9.17) is 0 Å². The van der Waals surface area contributed by atoms with Crippen LogP contribution in [0.2, 0.25) is 0 Å². The van der Waals surface area contributed by atoms with Crippen LogP contribution in [0.3, 0.4) is 0 Å². The van der Waals surface area contributed by atoms with Crippen molar-refractivity contribution in [3.8, 4) is 5.95 Å².